The Labute approximate surface area is 181 Å². The lowest BCUT2D eigenvalue weighted by Gasteiger charge is -2.56. The Balaban J connectivity index is 0.00000205. The smallest absolute Gasteiger partial charge is 0.245 e. The van der Waals surface area contributed by atoms with Gasteiger partial charge in [-0.25, -0.2) is 0 Å². The number of nitrogens with two attached hydrogens (primary N) is 1. The Hall–Kier alpha value is -0.810. The van der Waals surface area contributed by atoms with E-state index in [1.807, 2.05) is 9.80 Å². The first-order valence-electron chi connectivity index (χ1n) is 11.6. The second-order valence-electron chi connectivity index (χ2n) is 11.5. The molecule has 29 heavy (non-hydrogen) atoms. The van der Waals surface area contributed by atoms with E-state index in [2.05, 4.69) is 13.8 Å². The van der Waals surface area contributed by atoms with Crippen molar-refractivity contribution in [1.82, 2.24) is 9.80 Å². The summed E-state index contributed by atoms with van der Waals surface area (Å²) >= 11 is 0. The minimum absolute atomic E-state index is 0. The molecule has 5 nitrogen and oxygen atoms in total. The van der Waals surface area contributed by atoms with E-state index < -0.39 is 0 Å². The van der Waals surface area contributed by atoms with Crippen molar-refractivity contribution in [3.05, 3.63) is 0 Å². The second kappa shape index (κ2) is 7.40. The third-order valence-corrected chi connectivity index (χ3v) is 8.91. The van der Waals surface area contributed by atoms with Crippen molar-refractivity contribution in [2.24, 2.45) is 34.3 Å². The van der Waals surface area contributed by atoms with E-state index in [1.54, 1.807) is 0 Å². The topological polar surface area (TPSA) is 66.6 Å². The molecule has 0 aromatic rings. The van der Waals surface area contributed by atoms with Crippen LogP contribution >= 0.6 is 12.4 Å². The fraction of sp³-hybridized carbons (Fsp3) is 0.913. The van der Waals surface area contributed by atoms with Crippen LogP contribution in [0, 0.1) is 28.6 Å². The second-order valence-corrected chi connectivity index (χ2v) is 11.5. The van der Waals surface area contributed by atoms with Crippen LogP contribution in [-0.4, -0.2) is 53.3 Å². The maximum atomic E-state index is 13.8. The van der Waals surface area contributed by atoms with E-state index >= 15 is 0 Å². The maximum Gasteiger partial charge on any atom is 0.245 e. The quantitative estimate of drug-likeness (QED) is 0.741. The van der Waals surface area contributed by atoms with Crippen LogP contribution in [0.3, 0.4) is 0 Å². The average molecular weight is 424 g/mol. The number of carbonyl (C=O) groups is 2. The van der Waals surface area contributed by atoms with E-state index in [9.17, 15) is 9.59 Å². The number of hydrogen-bond acceptors (Lipinski definition) is 3. The summed E-state index contributed by atoms with van der Waals surface area (Å²) in [5, 5.41) is 0. The number of likely N-dealkylation sites (tertiary alicyclic amines) is 2. The molecule has 2 N–H and O–H groups in total. The van der Waals surface area contributed by atoms with Gasteiger partial charge < -0.3 is 15.5 Å². The van der Waals surface area contributed by atoms with Gasteiger partial charge in [-0.05, 0) is 81.0 Å². The molecule has 2 atom stereocenters. The number of piperidine rings is 1. The molecular weight excluding hydrogens is 386 g/mol. The summed E-state index contributed by atoms with van der Waals surface area (Å²) in [7, 11) is 0. The number of rotatable bonds is 2. The molecule has 6 rings (SSSR count). The molecule has 0 aromatic carbocycles. The van der Waals surface area contributed by atoms with Crippen LogP contribution in [-0.2, 0) is 9.59 Å². The Kier molecular flexibility index (Phi) is 5.47. The number of hydrogen-bond donors (Lipinski definition) is 1. The van der Waals surface area contributed by atoms with Gasteiger partial charge in [-0.2, -0.15) is 0 Å². The molecule has 2 saturated heterocycles. The van der Waals surface area contributed by atoms with E-state index in [-0.39, 0.29) is 41.2 Å². The highest BCUT2D eigenvalue weighted by Crippen LogP contribution is 2.60. The van der Waals surface area contributed by atoms with Crippen molar-refractivity contribution in [3.63, 3.8) is 0 Å². The number of carbonyl (C=O) groups excluding carboxylic acids is 2. The average Bonchev–Trinajstić information content (AvgIpc) is 3.11. The molecule has 2 amide bonds. The Morgan fingerprint density at radius 1 is 0.931 bits per heavy atom. The van der Waals surface area contributed by atoms with Crippen molar-refractivity contribution >= 4 is 24.2 Å². The SMILES string of the molecule is CC1(C)CN(C(=O)C2CCCN2C(=O)C23CC4CC(CC(C4)C2)C3)CCC1N.Cl. The summed E-state index contributed by atoms with van der Waals surface area (Å²) in [6.07, 6.45) is 9.94. The number of nitrogens with zero attached hydrogens (tertiary/aromatic N) is 2. The van der Waals surface area contributed by atoms with Crippen LogP contribution in [0.2, 0.25) is 0 Å². The van der Waals surface area contributed by atoms with Gasteiger partial charge in [0.05, 0.1) is 5.41 Å². The van der Waals surface area contributed by atoms with E-state index in [0.717, 1.165) is 69.4 Å². The van der Waals surface area contributed by atoms with E-state index in [1.165, 1.54) is 19.3 Å². The molecule has 2 aliphatic heterocycles. The van der Waals surface area contributed by atoms with Crippen molar-refractivity contribution in [2.75, 3.05) is 19.6 Å². The fourth-order valence-electron chi connectivity index (χ4n) is 7.72. The summed E-state index contributed by atoms with van der Waals surface area (Å²) < 4.78 is 0. The zero-order valence-corrected chi connectivity index (χ0v) is 18.9. The van der Waals surface area contributed by atoms with Crippen LogP contribution in [0.1, 0.15) is 71.6 Å². The molecule has 6 aliphatic rings. The molecule has 4 bridgehead atoms. The van der Waals surface area contributed by atoms with Crippen LogP contribution in [0.25, 0.3) is 0 Å². The number of halogens is 1. The Morgan fingerprint density at radius 2 is 1.52 bits per heavy atom. The van der Waals surface area contributed by atoms with Crippen molar-refractivity contribution in [1.29, 1.82) is 0 Å². The van der Waals surface area contributed by atoms with E-state index in [0.29, 0.717) is 12.5 Å². The molecule has 164 valence electrons. The minimum atomic E-state index is -0.231. The van der Waals surface area contributed by atoms with Crippen molar-refractivity contribution < 1.29 is 9.59 Å². The minimum Gasteiger partial charge on any atom is -0.340 e. The highest BCUT2D eigenvalue weighted by molar-refractivity contribution is 5.91. The van der Waals surface area contributed by atoms with Crippen LogP contribution < -0.4 is 5.73 Å². The van der Waals surface area contributed by atoms with Crippen molar-refractivity contribution in [3.8, 4) is 0 Å². The molecule has 4 saturated carbocycles. The van der Waals surface area contributed by atoms with Crippen LogP contribution in [0.4, 0.5) is 0 Å². The van der Waals surface area contributed by atoms with Gasteiger partial charge in [0.25, 0.3) is 0 Å². The Bertz CT molecular complexity index is 644. The van der Waals surface area contributed by atoms with Gasteiger partial charge >= 0.3 is 0 Å². The zero-order valence-electron chi connectivity index (χ0n) is 18.1. The first kappa shape index (κ1) is 21.4. The molecule has 0 aromatic heterocycles. The highest BCUT2D eigenvalue weighted by atomic mass is 35.5. The molecule has 2 unspecified atom stereocenters. The molecular formula is C23H38ClN3O2. The first-order chi connectivity index (χ1) is 13.3. The van der Waals surface area contributed by atoms with Gasteiger partial charge in [0, 0.05) is 25.7 Å². The van der Waals surface area contributed by atoms with E-state index in [4.69, 9.17) is 5.73 Å². The zero-order chi connectivity index (χ0) is 19.7. The maximum absolute atomic E-state index is 13.8. The third kappa shape index (κ3) is 3.50. The van der Waals surface area contributed by atoms with Gasteiger partial charge in [0.2, 0.25) is 11.8 Å². The predicted octanol–water partition coefficient (Wildman–Crippen LogP) is 3.20. The molecule has 0 spiro atoms. The van der Waals surface area contributed by atoms with Gasteiger partial charge in [0.15, 0.2) is 0 Å². The summed E-state index contributed by atoms with van der Waals surface area (Å²) in [4.78, 5) is 31.2. The fourth-order valence-corrected chi connectivity index (χ4v) is 7.72. The molecule has 0 radical (unpaired) electrons. The molecule has 6 fully saturated rings. The number of amides is 2. The molecule has 2 heterocycles. The van der Waals surface area contributed by atoms with Gasteiger partial charge in [-0.3, -0.25) is 9.59 Å². The lowest BCUT2D eigenvalue weighted by molar-refractivity contribution is -0.162. The molecule has 4 aliphatic carbocycles. The standard InChI is InChI=1S/C23H37N3O2.ClH/c1-22(2)14-25(7-5-19(22)24)20(27)18-4-3-6-26(18)21(28)23-11-15-8-16(12-23)10-17(9-15)13-23;/h15-19H,3-14,24H2,1-2H3;1H. The van der Waals surface area contributed by atoms with Crippen LogP contribution in [0.15, 0.2) is 0 Å². The van der Waals surface area contributed by atoms with Crippen LogP contribution in [0.5, 0.6) is 0 Å². The van der Waals surface area contributed by atoms with Gasteiger partial charge in [0.1, 0.15) is 6.04 Å². The highest BCUT2D eigenvalue weighted by Gasteiger charge is 2.57. The molecule has 6 heteroatoms. The van der Waals surface area contributed by atoms with Gasteiger partial charge in [-0.1, -0.05) is 13.8 Å². The predicted molar refractivity (Wildman–Crippen MR) is 116 cm³/mol. The Morgan fingerprint density at radius 3 is 2.07 bits per heavy atom. The largest absolute Gasteiger partial charge is 0.340 e. The normalized spacial score (nSPS) is 42.7. The monoisotopic (exact) mass is 423 g/mol. The summed E-state index contributed by atoms with van der Waals surface area (Å²) in [6.45, 7) is 6.53. The third-order valence-electron chi connectivity index (χ3n) is 8.91. The van der Waals surface area contributed by atoms with Crippen molar-refractivity contribution in [2.45, 2.75) is 83.7 Å². The summed E-state index contributed by atoms with van der Waals surface area (Å²) in [6, 6.07) is -0.0875. The summed E-state index contributed by atoms with van der Waals surface area (Å²) in [5.74, 6) is 2.79. The summed E-state index contributed by atoms with van der Waals surface area (Å²) in [5.41, 5.74) is 6.08. The lowest BCUT2D eigenvalue weighted by atomic mass is 9.49. The lowest BCUT2D eigenvalue weighted by Crippen LogP contribution is -2.60. The first-order valence-corrected chi connectivity index (χ1v) is 11.6. The van der Waals surface area contributed by atoms with Gasteiger partial charge in [-0.15, -0.1) is 12.4 Å².